The molecule has 3 nitrogen and oxygen atoms in total. The van der Waals surface area contributed by atoms with Gasteiger partial charge in [0.1, 0.15) is 0 Å². The minimum absolute atomic E-state index is 0.391. The molecule has 0 aromatic heterocycles. The first-order valence-corrected chi connectivity index (χ1v) is 17.2. The second-order valence-electron chi connectivity index (χ2n) is 12.4. The maximum Gasteiger partial charge on any atom is 0.0834 e. The van der Waals surface area contributed by atoms with Gasteiger partial charge in [-0.25, -0.2) is 0 Å². The number of hydrogen-bond donors (Lipinski definition) is 0. The highest BCUT2D eigenvalue weighted by Gasteiger charge is 2.31. The Kier molecular flexibility index (Phi) is 21.2. The molecule has 3 heteroatoms. The molecule has 0 bridgehead atoms. The molecule has 0 saturated carbocycles. The Balaban J connectivity index is 1.51. The lowest BCUT2D eigenvalue weighted by Gasteiger charge is -2.25. The molecule has 0 N–H and O–H groups in total. The largest absolute Gasteiger partial charge is 0.375 e. The van der Waals surface area contributed by atoms with E-state index in [2.05, 4.69) is 13.8 Å². The van der Waals surface area contributed by atoms with Gasteiger partial charge in [0.15, 0.2) is 0 Å². The normalized spacial score (nSPS) is 20.3. The van der Waals surface area contributed by atoms with Gasteiger partial charge in [-0.1, -0.05) is 155 Å². The van der Waals surface area contributed by atoms with Crippen molar-refractivity contribution in [2.75, 3.05) is 13.2 Å². The van der Waals surface area contributed by atoms with Gasteiger partial charge in [-0.15, -0.1) is 0 Å². The predicted octanol–water partition coefficient (Wildman–Crippen LogP) is 10.7. The van der Waals surface area contributed by atoms with E-state index in [9.17, 15) is 0 Å². The van der Waals surface area contributed by atoms with E-state index in [-0.39, 0.29) is 0 Å². The Morgan fingerprint density at radius 1 is 0.459 bits per heavy atom. The van der Waals surface area contributed by atoms with Crippen molar-refractivity contribution in [1.29, 1.82) is 0 Å². The average Bonchev–Trinajstić information content (AvgIpc) is 3.83. The topological polar surface area (TPSA) is 34.3 Å². The molecule has 2 aliphatic rings. The Morgan fingerprint density at radius 3 is 1.00 bits per heavy atom. The molecule has 0 aliphatic carbocycles. The van der Waals surface area contributed by atoms with Gasteiger partial charge in [0.25, 0.3) is 0 Å². The lowest BCUT2D eigenvalue weighted by Crippen LogP contribution is -2.25. The molecule has 0 amide bonds. The van der Waals surface area contributed by atoms with Gasteiger partial charge in [0.05, 0.1) is 37.6 Å². The summed E-state index contributed by atoms with van der Waals surface area (Å²) < 4.78 is 18.0. The smallest absolute Gasteiger partial charge is 0.0834 e. The van der Waals surface area contributed by atoms with E-state index in [1.807, 2.05) is 0 Å². The van der Waals surface area contributed by atoms with E-state index in [4.69, 9.17) is 14.2 Å². The molecular formula is C34H66O3. The quantitative estimate of drug-likeness (QED) is 0.0695. The van der Waals surface area contributed by atoms with E-state index in [0.717, 1.165) is 26.1 Å². The van der Waals surface area contributed by atoms with Crippen molar-refractivity contribution in [3.63, 3.8) is 0 Å². The molecule has 2 fully saturated rings. The van der Waals surface area contributed by atoms with E-state index in [0.29, 0.717) is 24.4 Å². The summed E-state index contributed by atoms with van der Waals surface area (Å²) in [4.78, 5) is 0. The van der Waals surface area contributed by atoms with Crippen LogP contribution in [0.15, 0.2) is 0 Å². The lowest BCUT2D eigenvalue weighted by molar-refractivity contribution is -0.0359. The van der Waals surface area contributed by atoms with Gasteiger partial charge < -0.3 is 14.2 Å². The summed E-state index contributed by atoms with van der Waals surface area (Å²) in [5.41, 5.74) is 0. The number of hydrogen-bond acceptors (Lipinski definition) is 3. The Hall–Kier alpha value is -0.120. The summed E-state index contributed by atoms with van der Waals surface area (Å²) in [6.45, 7) is 6.50. The second kappa shape index (κ2) is 23.7. The van der Waals surface area contributed by atoms with Crippen LogP contribution in [-0.2, 0) is 14.2 Å². The fraction of sp³-hybridized carbons (Fsp3) is 1.00. The molecular weight excluding hydrogens is 456 g/mol. The van der Waals surface area contributed by atoms with E-state index in [1.54, 1.807) is 0 Å². The maximum atomic E-state index is 6.78. The summed E-state index contributed by atoms with van der Waals surface area (Å²) in [5.74, 6) is 0. The molecule has 0 radical (unpaired) electrons. The molecule has 2 heterocycles. The van der Waals surface area contributed by atoms with Crippen LogP contribution >= 0.6 is 0 Å². The lowest BCUT2D eigenvalue weighted by atomic mass is 10.0. The highest BCUT2D eigenvalue weighted by atomic mass is 16.6. The molecule has 4 unspecified atom stereocenters. The van der Waals surface area contributed by atoms with Crippen molar-refractivity contribution in [1.82, 2.24) is 0 Å². The van der Waals surface area contributed by atoms with Gasteiger partial charge in [0, 0.05) is 12.8 Å². The van der Waals surface area contributed by atoms with Crippen molar-refractivity contribution in [2.45, 2.75) is 205 Å². The van der Waals surface area contributed by atoms with Crippen molar-refractivity contribution in [3.05, 3.63) is 0 Å². The van der Waals surface area contributed by atoms with Gasteiger partial charge in [-0.3, -0.25) is 0 Å². The third-order valence-corrected chi connectivity index (χ3v) is 8.50. The maximum absolute atomic E-state index is 6.78. The molecule has 2 rings (SSSR count). The van der Waals surface area contributed by atoms with Crippen LogP contribution in [0.3, 0.4) is 0 Å². The minimum Gasteiger partial charge on any atom is -0.375 e. The number of rotatable bonds is 30. The van der Waals surface area contributed by atoms with Crippen LogP contribution in [0.2, 0.25) is 0 Å². The fourth-order valence-electron chi connectivity index (χ4n) is 5.82. The second-order valence-corrected chi connectivity index (χ2v) is 12.4. The molecule has 37 heavy (non-hydrogen) atoms. The summed E-state index contributed by atoms with van der Waals surface area (Å²) in [6, 6.07) is 0. The van der Waals surface area contributed by atoms with Crippen LogP contribution in [0.25, 0.3) is 0 Å². The third-order valence-electron chi connectivity index (χ3n) is 8.50. The number of epoxide rings is 2. The predicted molar refractivity (Wildman–Crippen MR) is 160 cm³/mol. The fourth-order valence-corrected chi connectivity index (χ4v) is 5.82. The van der Waals surface area contributed by atoms with Gasteiger partial charge in [-0.2, -0.15) is 0 Å². The van der Waals surface area contributed by atoms with Crippen LogP contribution in [0.1, 0.15) is 181 Å². The van der Waals surface area contributed by atoms with Crippen molar-refractivity contribution in [3.8, 4) is 0 Å². The molecule has 2 aliphatic heterocycles. The Labute approximate surface area is 232 Å². The monoisotopic (exact) mass is 523 g/mol. The molecule has 220 valence electrons. The summed E-state index contributed by atoms with van der Waals surface area (Å²) in [7, 11) is 0. The van der Waals surface area contributed by atoms with E-state index in [1.165, 1.54) is 154 Å². The number of unbranched alkanes of at least 4 members (excludes halogenated alkanes) is 20. The van der Waals surface area contributed by atoms with Gasteiger partial charge >= 0.3 is 0 Å². The zero-order valence-electron chi connectivity index (χ0n) is 25.3. The molecule has 0 spiro atoms. The van der Waals surface area contributed by atoms with Gasteiger partial charge in [-0.05, 0) is 12.8 Å². The van der Waals surface area contributed by atoms with Crippen LogP contribution in [0.5, 0.6) is 0 Å². The summed E-state index contributed by atoms with van der Waals surface area (Å²) in [5, 5.41) is 0. The molecule has 0 aromatic rings. The zero-order chi connectivity index (χ0) is 26.2. The van der Waals surface area contributed by atoms with Crippen molar-refractivity contribution >= 4 is 0 Å². The summed E-state index contributed by atoms with van der Waals surface area (Å²) >= 11 is 0. The molecule has 0 aromatic carbocycles. The van der Waals surface area contributed by atoms with Crippen LogP contribution in [-0.4, -0.2) is 37.6 Å². The highest BCUT2D eigenvalue weighted by molar-refractivity contribution is 4.79. The molecule has 2 saturated heterocycles. The third kappa shape index (κ3) is 21.4. The van der Waals surface area contributed by atoms with Crippen LogP contribution in [0.4, 0.5) is 0 Å². The highest BCUT2D eigenvalue weighted by Crippen LogP contribution is 2.27. The SMILES string of the molecule is CCCCCCCCCCCCCC(CC1CO1)OC(CCCCCCCCCCCCC)CC1CO1. The first-order chi connectivity index (χ1) is 18.3. The average molecular weight is 523 g/mol. The summed E-state index contributed by atoms with van der Waals surface area (Å²) in [6.07, 6.45) is 37.4. The van der Waals surface area contributed by atoms with Gasteiger partial charge in [0.2, 0.25) is 0 Å². The standard InChI is InChI=1S/C34H66O3/c1-3-5-7-9-11-13-15-17-19-21-23-25-31(27-33-29-35-33)37-32(28-34-30-36-34)26-24-22-20-18-16-14-12-10-8-6-4-2/h31-34H,3-30H2,1-2H3. The van der Waals surface area contributed by atoms with Crippen LogP contribution in [0, 0.1) is 0 Å². The first kappa shape index (κ1) is 33.1. The zero-order valence-corrected chi connectivity index (χ0v) is 25.3. The Bertz CT molecular complexity index is 432. The van der Waals surface area contributed by atoms with E-state index >= 15 is 0 Å². The number of ether oxygens (including phenoxy) is 3. The first-order valence-electron chi connectivity index (χ1n) is 17.2. The molecule has 4 atom stereocenters. The Morgan fingerprint density at radius 2 is 0.730 bits per heavy atom. The van der Waals surface area contributed by atoms with E-state index < -0.39 is 0 Å². The van der Waals surface area contributed by atoms with Crippen LogP contribution < -0.4 is 0 Å². The minimum atomic E-state index is 0.391. The van der Waals surface area contributed by atoms with Crippen molar-refractivity contribution < 1.29 is 14.2 Å². The van der Waals surface area contributed by atoms with Crippen molar-refractivity contribution in [2.24, 2.45) is 0 Å².